The molecule has 0 fully saturated rings. The molecule has 0 radical (unpaired) electrons. The van der Waals surface area contributed by atoms with E-state index in [1.807, 2.05) is 12.1 Å². The molecule has 0 unspecified atom stereocenters. The maximum atomic E-state index is 12.2. The Kier molecular flexibility index (Phi) is 4.41. The Hall–Kier alpha value is -2.24. The summed E-state index contributed by atoms with van der Waals surface area (Å²) in [6.07, 6.45) is 0. The van der Waals surface area contributed by atoms with Gasteiger partial charge in [0.1, 0.15) is 5.76 Å². The van der Waals surface area contributed by atoms with Crippen LogP contribution in [0.1, 0.15) is 10.6 Å². The van der Waals surface area contributed by atoms with E-state index in [0.717, 1.165) is 10.0 Å². The number of anilines is 2. The second-order valence-corrected chi connectivity index (χ2v) is 6.19. The third-order valence-corrected chi connectivity index (χ3v) is 4.00. The Labute approximate surface area is 146 Å². The van der Waals surface area contributed by atoms with E-state index in [9.17, 15) is 4.79 Å². The van der Waals surface area contributed by atoms with Crippen LogP contribution in [-0.4, -0.2) is 5.91 Å². The third kappa shape index (κ3) is 3.57. The zero-order valence-corrected chi connectivity index (χ0v) is 14.2. The van der Waals surface area contributed by atoms with E-state index in [0.29, 0.717) is 22.2 Å². The predicted octanol–water partition coefficient (Wildman–Crippen LogP) is 5.20. The first-order valence-electron chi connectivity index (χ1n) is 6.75. The molecule has 2 aromatic carbocycles. The largest absolute Gasteiger partial charge is 0.451 e. The summed E-state index contributed by atoms with van der Waals surface area (Å²) >= 11 is 9.55. The fourth-order valence-electron chi connectivity index (χ4n) is 2.05. The molecule has 0 aliphatic heterocycles. The highest BCUT2D eigenvalue weighted by molar-refractivity contribution is 9.10. The number of nitrogen functional groups attached to an aromatic ring is 1. The van der Waals surface area contributed by atoms with Crippen molar-refractivity contribution >= 4 is 44.8 Å². The minimum absolute atomic E-state index is 0.204. The van der Waals surface area contributed by atoms with Gasteiger partial charge < -0.3 is 15.5 Å². The number of hydrogen-bond donors (Lipinski definition) is 2. The van der Waals surface area contributed by atoms with E-state index in [1.165, 1.54) is 0 Å². The SMILES string of the molecule is Nc1ccc(NC(=O)c2ccc(-c3ccc(Br)cc3Cl)o2)cc1. The van der Waals surface area contributed by atoms with E-state index in [-0.39, 0.29) is 11.7 Å². The summed E-state index contributed by atoms with van der Waals surface area (Å²) < 4.78 is 6.49. The van der Waals surface area contributed by atoms with Gasteiger partial charge in [-0.25, -0.2) is 0 Å². The Bertz CT molecular complexity index is 859. The van der Waals surface area contributed by atoms with Gasteiger partial charge in [0.25, 0.3) is 5.91 Å². The number of benzene rings is 2. The lowest BCUT2D eigenvalue weighted by molar-refractivity contribution is 0.0997. The molecule has 0 saturated carbocycles. The van der Waals surface area contributed by atoms with Crippen molar-refractivity contribution in [3.05, 3.63) is 69.9 Å². The van der Waals surface area contributed by atoms with E-state index in [1.54, 1.807) is 42.5 Å². The predicted molar refractivity (Wildman–Crippen MR) is 95.7 cm³/mol. The first-order chi connectivity index (χ1) is 11.0. The molecule has 0 aliphatic rings. The normalized spacial score (nSPS) is 10.5. The highest BCUT2D eigenvalue weighted by atomic mass is 79.9. The number of nitrogens with one attached hydrogen (secondary N) is 1. The van der Waals surface area contributed by atoms with Crippen molar-refractivity contribution in [2.45, 2.75) is 0 Å². The third-order valence-electron chi connectivity index (χ3n) is 3.19. The van der Waals surface area contributed by atoms with Gasteiger partial charge in [0, 0.05) is 21.4 Å². The van der Waals surface area contributed by atoms with Gasteiger partial charge in [-0.05, 0) is 54.6 Å². The molecule has 1 amide bonds. The number of carbonyl (C=O) groups is 1. The van der Waals surface area contributed by atoms with Gasteiger partial charge in [0.05, 0.1) is 5.02 Å². The second-order valence-electron chi connectivity index (χ2n) is 4.86. The number of nitrogens with two attached hydrogens (primary N) is 1. The summed E-state index contributed by atoms with van der Waals surface area (Å²) in [5.41, 5.74) is 7.61. The van der Waals surface area contributed by atoms with Gasteiger partial charge >= 0.3 is 0 Å². The second kappa shape index (κ2) is 6.48. The Morgan fingerprint density at radius 1 is 1.09 bits per heavy atom. The minimum Gasteiger partial charge on any atom is -0.451 e. The number of halogens is 2. The summed E-state index contributed by atoms with van der Waals surface area (Å²) in [7, 11) is 0. The molecule has 23 heavy (non-hydrogen) atoms. The van der Waals surface area contributed by atoms with Crippen LogP contribution in [0.2, 0.25) is 5.02 Å². The van der Waals surface area contributed by atoms with Gasteiger partial charge in [-0.3, -0.25) is 4.79 Å². The fourth-order valence-corrected chi connectivity index (χ4v) is 2.82. The number of furan rings is 1. The summed E-state index contributed by atoms with van der Waals surface area (Å²) in [5, 5.41) is 3.29. The molecule has 4 nitrogen and oxygen atoms in total. The van der Waals surface area contributed by atoms with Gasteiger partial charge in [0.2, 0.25) is 0 Å². The minimum atomic E-state index is -0.339. The van der Waals surface area contributed by atoms with Crippen molar-refractivity contribution in [1.82, 2.24) is 0 Å². The lowest BCUT2D eigenvalue weighted by Crippen LogP contribution is -2.10. The molecular formula is C17H12BrClN2O2. The van der Waals surface area contributed by atoms with Crippen LogP contribution in [0.15, 0.2) is 63.5 Å². The first kappa shape index (κ1) is 15.6. The molecule has 0 saturated heterocycles. The highest BCUT2D eigenvalue weighted by Crippen LogP contribution is 2.31. The summed E-state index contributed by atoms with van der Waals surface area (Å²) in [5.74, 6) is 0.398. The van der Waals surface area contributed by atoms with Crippen molar-refractivity contribution < 1.29 is 9.21 Å². The highest BCUT2D eigenvalue weighted by Gasteiger charge is 2.14. The smallest absolute Gasteiger partial charge is 0.291 e. The van der Waals surface area contributed by atoms with Crippen LogP contribution in [0, 0.1) is 0 Å². The van der Waals surface area contributed by atoms with Crippen LogP contribution < -0.4 is 11.1 Å². The lowest BCUT2D eigenvalue weighted by atomic mass is 10.2. The van der Waals surface area contributed by atoms with Crippen LogP contribution in [0.5, 0.6) is 0 Å². The van der Waals surface area contributed by atoms with Crippen LogP contribution in [0.25, 0.3) is 11.3 Å². The quantitative estimate of drug-likeness (QED) is 0.603. The Morgan fingerprint density at radius 2 is 1.83 bits per heavy atom. The van der Waals surface area contributed by atoms with Gasteiger partial charge in [0.15, 0.2) is 5.76 Å². The van der Waals surface area contributed by atoms with Crippen LogP contribution >= 0.6 is 27.5 Å². The molecule has 1 aromatic heterocycles. The average Bonchev–Trinajstić information content (AvgIpc) is 2.99. The molecule has 3 rings (SSSR count). The Balaban J connectivity index is 1.81. The zero-order valence-electron chi connectivity index (χ0n) is 11.8. The van der Waals surface area contributed by atoms with Gasteiger partial charge in [-0.15, -0.1) is 0 Å². The average molecular weight is 392 g/mol. The molecule has 0 aliphatic carbocycles. The first-order valence-corrected chi connectivity index (χ1v) is 7.92. The fraction of sp³-hybridized carbons (Fsp3) is 0. The van der Waals surface area contributed by atoms with E-state index in [2.05, 4.69) is 21.2 Å². The standard InChI is InChI=1S/C17H12BrClN2O2/c18-10-1-6-13(14(19)9-10)15-7-8-16(23-15)17(22)21-12-4-2-11(20)3-5-12/h1-9H,20H2,(H,21,22). The molecule has 1 heterocycles. The maximum Gasteiger partial charge on any atom is 0.291 e. The molecule has 0 atom stereocenters. The number of carbonyl (C=O) groups excluding carboxylic acids is 1. The summed E-state index contributed by atoms with van der Waals surface area (Å²) in [6.45, 7) is 0. The van der Waals surface area contributed by atoms with Gasteiger partial charge in [-0.1, -0.05) is 27.5 Å². The molecule has 3 N–H and O–H groups in total. The van der Waals surface area contributed by atoms with Gasteiger partial charge in [-0.2, -0.15) is 0 Å². The van der Waals surface area contributed by atoms with Crippen LogP contribution in [0.4, 0.5) is 11.4 Å². The Morgan fingerprint density at radius 3 is 2.52 bits per heavy atom. The molecule has 3 aromatic rings. The van der Waals surface area contributed by atoms with Crippen LogP contribution in [0.3, 0.4) is 0 Å². The number of amides is 1. The molecule has 0 bridgehead atoms. The van der Waals surface area contributed by atoms with Crippen molar-refractivity contribution in [2.24, 2.45) is 0 Å². The summed E-state index contributed by atoms with van der Waals surface area (Å²) in [6, 6.07) is 15.7. The summed E-state index contributed by atoms with van der Waals surface area (Å²) in [4.78, 5) is 12.2. The monoisotopic (exact) mass is 390 g/mol. The lowest BCUT2D eigenvalue weighted by Gasteiger charge is -2.04. The van der Waals surface area contributed by atoms with Crippen molar-refractivity contribution in [3.8, 4) is 11.3 Å². The molecule has 116 valence electrons. The number of hydrogen-bond acceptors (Lipinski definition) is 3. The van der Waals surface area contributed by atoms with Crippen molar-refractivity contribution in [2.75, 3.05) is 11.1 Å². The molecule has 0 spiro atoms. The van der Waals surface area contributed by atoms with Crippen molar-refractivity contribution in [1.29, 1.82) is 0 Å². The topological polar surface area (TPSA) is 68.3 Å². The van der Waals surface area contributed by atoms with E-state index < -0.39 is 0 Å². The van der Waals surface area contributed by atoms with E-state index >= 15 is 0 Å². The zero-order chi connectivity index (χ0) is 16.4. The van der Waals surface area contributed by atoms with Crippen molar-refractivity contribution in [3.63, 3.8) is 0 Å². The maximum absolute atomic E-state index is 12.2. The molecular weight excluding hydrogens is 380 g/mol. The number of rotatable bonds is 3. The molecule has 6 heteroatoms. The van der Waals surface area contributed by atoms with E-state index in [4.69, 9.17) is 21.8 Å². The van der Waals surface area contributed by atoms with Crippen LogP contribution in [-0.2, 0) is 0 Å².